The van der Waals surface area contributed by atoms with Crippen LogP contribution in [0.1, 0.15) is 36.5 Å². The molecule has 5 heteroatoms. The van der Waals surface area contributed by atoms with E-state index in [4.69, 9.17) is 16.3 Å². The van der Waals surface area contributed by atoms with Crippen molar-refractivity contribution >= 4 is 17.5 Å². The first-order valence-corrected chi connectivity index (χ1v) is 7.29. The largest absolute Gasteiger partial charge is 0.378 e. The molecule has 0 unspecified atom stereocenters. The Bertz CT molecular complexity index is 481. The van der Waals surface area contributed by atoms with Crippen molar-refractivity contribution in [2.24, 2.45) is 5.92 Å². The minimum Gasteiger partial charge on any atom is -0.378 e. The third-order valence-corrected chi connectivity index (χ3v) is 3.92. The third-order valence-electron chi connectivity index (χ3n) is 3.61. The van der Waals surface area contributed by atoms with Crippen LogP contribution in [0.4, 0.5) is 4.39 Å². The molecule has 0 aliphatic carbocycles. The second kappa shape index (κ2) is 7.04. The normalized spacial score (nSPS) is 22.6. The standard InChI is InChI=1S/C15H19ClFNO2/c1-10-8-11(5-7-20-10)4-6-18-15(19)13-3-2-12(17)9-14(13)16/h2-3,9-11H,4-8H2,1H3,(H,18,19)/t10-,11-/m0/s1. The number of benzene rings is 1. The molecule has 1 aliphatic rings. The number of ether oxygens (including phenoxy) is 1. The zero-order valence-electron chi connectivity index (χ0n) is 11.5. The van der Waals surface area contributed by atoms with Gasteiger partial charge in [-0.05, 0) is 50.3 Å². The van der Waals surface area contributed by atoms with E-state index in [0.717, 1.165) is 31.9 Å². The highest BCUT2D eigenvalue weighted by Crippen LogP contribution is 2.22. The number of hydrogen-bond donors (Lipinski definition) is 1. The molecule has 2 atom stereocenters. The molecule has 20 heavy (non-hydrogen) atoms. The Kier molecular flexibility index (Phi) is 5.38. The first kappa shape index (κ1) is 15.3. The van der Waals surface area contributed by atoms with Gasteiger partial charge in [0.25, 0.3) is 5.91 Å². The second-order valence-corrected chi connectivity index (χ2v) is 5.65. The lowest BCUT2D eigenvalue weighted by molar-refractivity contribution is 0.00109. The predicted octanol–water partition coefficient (Wildman–Crippen LogP) is 3.41. The van der Waals surface area contributed by atoms with Gasteiger partial charge in [-0.3, -0.25) is 4.79 Å². The van der Waals surface area contributed by atoms with E-state index in [1.54, 1.807) is 0 Å². The van der Waals surface area contributed by atoms with E-state index < -0.39 is 5.82 Å². The fraction of sp³-hybridized carbons (Fsp3) is 0.533. The topological polar surface area (TPSA) is 38.3 Å². The first-order valence-electron chi connectivity index (χ1n) is 6.91. The lowest BCUT2D eigenvalue weighted by Crippen LogP contribution is -2.29. The van der Waals surface area contributed by atoms with Crippen LogP contribution in [0.3, 0.4) is 0 Å². The molecule has 0 aromatic heterocycles. The summed E-state index contributed by atoms with van der Waals surface area (Å²) in [6.45, 7) is 3.47. The number of carbonyl (C=O) groups is 1. The molecule has 1 amide bonds. The molecule has 3 nitrogen and oxygen atoms in total. The van der Waals surface area contributed by atoms with Crippen molar-refractivity contribution in [2.75, 3.05) is 13.2 Å². The molecular formula is C15H19ClFNO2. The molecule has 1 aliphatic heterocycles. The molecule has 0 radical (unpaired) electrons. The van der Waals surface area contributed by atoms with Crippen molar-refractivity contribution < 1.29 is 13.9 Å². The van der Waals surface area contributed by atoms with E-state index in [0.29, 0.717) is 24.1 Å². The average molecular weight is 300 g/mol. The lowest BCUT2D eigenvalue weighted by Gasteiger charge is -2.27. The van der Waals surface area contributed by atoms with Gasteiger partial charge in [-0.15, -0.1) is 0 Å². The maximum Gasteiger partial charge on any atom is 0.252 e. The highest BCUT2D eigenvalue weighted by atomic mass is 35.5. The molecule has 1 saturated heterocycles. The predicted molar refractivity (Wildman–Crippen MR) is 76.5 cm³/mol. The van der Waals surface area contributed by atoms with Crippen molar-refractivity contribution in [3.63, 3.8) is 0 Å². The molecule has 0 saturated carbocycles. The number of halogens is 2. The molecule has 0 bridgehead atoms. The monoisotopic (exact) mass is 299 g/mol. The number of carbonyl (C=O) groups excluding carboxylic acids is 1. The summed E-state index contributed by atoms with van der Waals surface area (Å²) in [5.41, 5.74) is 0.313. The molecule has 1 heterocycles. The third kappa shape index (κ3) is 4.18. The quantitative estimate of drug-likeness (QED) is 0.925. The van der Waals surface area contributed by atoms with Gasteiger partial charge >= 0.3 is 0 Å². The van der Waals surface area contributed by atoms with Gasteiger partial charge in [0, 0.05) is 13.2 Å². The average Bonchev–Trinajstić information content (AvgIpc) is 2.38. The van der Waals surface area contributed by atoms with E-state index in [1.807, 2.05) is 0 Å². The van der Waals surface area contributed by atoms with Gasteiger partial charge in [0.05, 0.1) is 16.7 Å². The van der Waals surface area contributed by atoms with E-state index in [1.165, 1.54) is 12.1 Å². The summed E-state index contributed by atoms with van der Waals surface area (Å²) in [6, 6.07) is 3.79. The summed E-state index contributed by atoms with van der Waals surface area (Å²) >= 11 is 5.85. The zero-order valence-corrected chi connectivity index (χ0v) is 12.3. The number of hydrogen-bond acceptors (Lipinski definition) is 2. The van der Waals surface area contributed by atoms with Gasteiger partial charge in [0.15, 0.2) is 0 Å². The Morgan fingerprint density at radius 1 is 1.55 bits per heavy atom. The van der Waals surface area contributed by atoms with E-state index in [2.05, 4.69) is 12.2 Å². The molecule has 1 N–H and O–H groups in total. The maximum atomic E-state index is 12.9. The summed E-state index contributed by atoms with van der Waals surface area (Å²) in [5.74, 6) is -0.111. The Hall–Kier alpha value is -1.13. The van der Waals surface area contributed by atoms with E-state index in [-0.39, 0.29) is 10.9 Å². The van der Waals surface area contributed by atoms with Crippen LogP contribution in [0.25, 0.3) is 0 Å². The fourth-order valence-electron chi connectivity index (χ4n) is 2.51. The van der Waals surface area contributed by atoms with E-state index in [9.17, 15) is 9.18 Å². The highest BCUT2D eigenvalue weighted by molar-refractivity contribution is 6.33. The second-order valence-electron chi connectivity index (χ2n) is 5.24. The SMILES string of the molecule is C[C@H]1C[C@@H](CCNC(=O)c2ccc(F)cc2Cl)CCO1. The van der Waals surface area contributed by atoms with Crippen molar-refractivity contribution in [3.05, 3.63) is 34.6 Å². The van der Waals surface area contributed by atoms with Gasteiger partial charge < -0.3 is 10.1 Å². The molecule has 110 valence electrons. The summed E-state index contributed by atoms with van der Waals surface area (Å²) in [6.07, 6.45) is 3.30. The van der Waals surface area contributed by atoms with Gasteiger partial charge in [-0.1, -0.05) is 11.6 Å². The van der Waals surface area contributed by atoms with Crippen molar-refractivity contribution in [3.8, 4) is 0 Å². The van der Waals surface area contributed by atoms with Gasteiger partial charge in [-0.2, -0.15) is 0 Å². The molecule has 1 aromatic rings. The van der Waals surface area contributed by atoms with Crippen molar-refractivity contribution in [1.82, 2.24) is 5.32 Å². The van der Waals surface area contributed by atoms with Crippen molar-refractivity contribution in [1.29, 1.82) is 0 Å². The lowest BCUT2D eigenvalue weighted by atomic mass is 9.93. The smallest absolute Gasteiger partial charge is 0.252 e. The van der Waals surface area contributed by atoms with Gasteiger partial charge in [0.1, 0.15) is 5.82 Å². The van der Waals surface area contributed by atoms with Crippen LogP contribution in [0, 0.1) is 11.7 Å². The number of nitrogens with one attached hydrogen (secondary N) is 1. The van der Waals surface area contributed by atoms with Crippen LogP contribution < -0.4 is 5.32 Å². The molecule has 0 spiro atoms. The minimum absolute atomic E-state index is 0.141. The Morgan fingerprint density at radius 2 is 2.35 bits per heavy atom. The number of amides is 1. The summed E-state index contributed by atoms with van der Waals surface area (Å²) in [4.78, 5) is 11.9. The summed E-state index contributed by atoms with van der Waals surface area (Å²) in [7, 11) is 0. The fourth-order valence-corrected chi connectivity index (χ4v) is 2.77. The van der Waals surface area contributed by atoms with Crippen molar-refractivity contribution in [2.45, 2.75) is 32.3 Å². The van der Waals surface area contributed by atoms with Crippen LogP contribution in [0.5, 0.6) is 0 Å². The van der Waals surface area contributed by atoms with Crippen LogP contribution in [0.2, 0.25) is 5.02 Å². The maximum absolute atomic E-state index is 12.9. The van der Waals surface area contributed by atoms with Gasteiger partial charge in [-0.25, -0.2) is 4.39 Å². The van der Waals surface area contributed by atoms with E-state index >= 15 is 0 Å². The van der Waals surface area contributed by atoms with Crippen LogP contribution in [-0.4, -0.2) is 25.2 Å². The molecular weight excluding hydrogens is 281 g/mol. The number of rotatable bonds is 4. The molecule has 2 rings (SSSR count). The summed E-state index contributed by atoms with van der Waals surface area (Å²) in [5, 5.41) is 2.98. The van der Waals surface area contributed by atoms with Crippen LogP contribution in [0.15, 0.2) is 18.2 Å². The first-order chi connectivity index (χ1) is 9.56. The Labute approximate surface area is 123 Å². The zero-order chi connectivity index (χ0) is 14.5. The molecule has 1 aromatic carbocycles. The van der Waals surface area contributed by atoms with Crippen LogP contribution >= 0.6 is 11.6 Å². The Balaban J connectivity index is 1.80. The molecule has 1 fully saturated rings. The highest BCUT2D eigenvalue weighted by Gasteiger charge is 2.19. The van der Waals surface area contributed by atoms with Gasteiger partial charge in [0.2, 0.25) is 0 Å². The minimum atomic E-state index is -0.442. The van der Waals surface area contributed by atoms with Crippen LogP contribution in [-0.2, 0) is 4.74 Å². The summed E-state index contributed by atoms with van der Waals surface area (Å²) < 4.78 is 18.4. The Morgan fingerprint density at radius 3 is 3.05 bits per heavy atom.